The van der Waals surface area contributed by atoms with Gasteiger partial charge in [-0.25, -0.2) is 0 Å². The molecule has 3 unspecified atom stereocenters. The standard InChI is InChI=1S/C15H22ClN3OS/c1-10-13-6-17-5-11(13)7-19(10)9-15(20)18(2)8-12-3-4-14(16)21-12/h3-4,10-11,13,17H,5-9H2,1-2H3. The van der Waals surface area contributed by atoms with Gasteiger partial charge in [0.2, 0.25) is 5.91 Å². The molecule has 2 aliphatic heterocycles. The van der Waals surface area contributed by atoms with Gasteiger partial charge >= 0.3 is 0 Å². The maximum atomic E-state index is 12.4. The van der Waals surface area contributed by atoms with E-state index in [-0.39, 0.29) is 5.91 Å². The highest BCUT2D eigenvalue weighted by Crippen LogP contribution is 2.32. The van der Waals surface area contributed by atoms with Crippen molar-refractivity contribution in [2.75, 3.05) is 33.2 Å². The Morgan fingerprint density at radius 3 is 3.00 bits per heavy atom. The average molecular weight is 328 g/mol. The third kappa shape index (κ3) is 3.26. The summed E-state index contributed by atoms with van der Waals surface area (Å²) < 4.78 is 0.777. The van der Waals surface area contributed by atoms with Gasteiger partial charge in [0.25, 0.3) is 0 Å². The van der Waals surface area contributed by atoms with E-state index in [1.165, 1.54) is 11.3 Å². The second kappa shape index (κ2) is 6.24. The lowest BCUT2D eigenvalue weighted by Crippen LogP contribution is -2.41. The summed E-state index contributed by atoms with van der Waals surface area (Å²) in [5.74, 6) is 1.62. The SMILES string of the molecule is CC1C2CNCC2CN1CC(=O)N(C)Cc1ccc(Cl)s1. The maximum absolute atomic E-state index is 12.4. The third-order valence-corrected chi connectivity index (χ3v) is 6.06. The van der Waals surface area contributed by atoms with Crippen LogP contribution in [0.1, 0.15) is 11.8 Å². The second-order valence-electron chi connectivity index (χ2n) is 6.21. The lowest BCUT2D eigenvalue weighted by Gasteiger charge is -2.26. The number of carbonyl (C=O) groups is 1. The van der Waals surface area contributed by atoms with Crippen molar-refractivity contribution in [2.24, 2.45) is 11.8 Å². The van der Waals surface area contributed by atoms with E-state index in [0.29, 0.717) is 31.0 Å². The molecular formula is C15H22ClN3OS. The van der Waals surface area contributed by atoms with Gasteiger partial charge in [0.1, 0.15) is 0 Å². The highest BCUT2D eigenvalue weighted by molar-refractivity contribution is 7.16. The number of hydrogen-bond acceptors (Lipinski definition) is 4. The maximum Gasteiger partial charge on any atom is 0.236 e. The summed E-state index contributed by atoms with van der Waals surface area (Å²) in [4.78, 5) is 17.7. The minimum Gasteiger partial charge on any atom is -0.340 e. The average Bonchev–Trinajstić information content (AvgIpc) is 3.11. The zero-order valence-corrected chi connectivity index (χ0v) is 14.1. The van der Waals surface area contributed by atoms with Crippen LogP contribution in [0.3, 0.4) is 0 Å². The quantitative estimate of drug-likeness (QED) is 0.917. The van der Waals surface area contributed by atoms with Crippen LogP contribution in [0.4, 0.5) is 0 Å². The summed E-state index contributed by atoms with van der Waals surface area (Å²) in [6, 6.07) is 4.38. The van der Waals surface area contributed by atoms with Gasteiger partial charge in [0.15, 0.2) is 0 Å². The van der Waals surface area contributed by atoms with Crippen LogP contribution in [0.5, 0.6) is 0 Å². The number of carbonyl (C=O) groups excluding carboxylic acids is 1. The topological polar surface area (TPSA) is 35.6 Å². The number of thiophene rings is 1. The number of amides is 1. The Morgan fingerprint density at radius 2 is 2.33 bits per heavy atom. The number of nitrogens with one attached hydrogen (secondary N) is 1. The molecular weight excluding hydrogens is 306 g/mol. The Balaban J connectivity index is 1.54. The van der Waals surface area contributed by atoms with E-state index in [1.807, 2.05) is 19.2 Å². The van der Waals surface area contributed by atoms with Crippen molar-refractivity contribution in [3.63, 3.8) is 0 Å². The van der Waals surface area contributed by atoms with Crippen molar-refractivity contribution < 1.29 is 4.79 Å². The van der Waals surface area contributed by atoms with Gasteiger partial charge in [-0.05, 0) is 44.0 Å². The van der Waals surface area contributed by atoms with E-state index >= 15 is 0 Å². The zero-order valence-electron chi connectivity index (χ0n) is 12.5. The molecule has 4 nitrogen and oxygen atoms in total. The van der Waals surface area contributed by atoms with Crippen molar-refractivity contribution in [1.82, 2.24) is 15.1 Å². The van der Waals surface area contributed by atoms with Gasteiger partial charge in [-0.1, -0.05) is 11.6 Å². The van der Waals surface area contributed by atoms with E-state index in [9.17, 15) is 4.79 Å². The van der Waals surface area contributed by atoms with Crippen LogP contribution in [-0.2, 0) is 11.3 Å². The molecule has 0 radical (unpaired) electrons. The number of rotatable bonds is 4. The summed E-state index contributed by atoms with van der Waals surface area (Å²) in [7, 11) is 1.87. The lowest BCUT2D eigenvalue weighted by molar-refractivity contribution is -0.131. The molecule has 2 aliphatic rings. The fourth-order valence-electron chi connectivity index (χ4n) is 3.52. The Morgan fingerprint density at radius 1 is 1.52 bits per heavy atom. The summed E-state index contributed by atoms with van der Waals surface area (Å²) in [6.07, 6.45) is 0. The summed E-state index contributed by atoms with van der Waals surface area (Å²) >= 11 is 7.48. The molecule has 0 aromatic carbocycles. The van der Waals surface area contributed by atoms with Crippen LogP contribution < -0.4 is 5.32 Å². The first-order valence-electron chi connectivity index (χ1n) is 7.47. The van der Waals surface area contributed by atoms with Gasteiger partial charge in [0.05, 0.1) is 17.4 Å². The largest absolute Gasteiger partial charge is 0.340 e. The molecule has 1 amide bonds. The van der Waals surface area contributed by atoms with Gasteiger partial charge in [0, 0.05) is 24.5 Å². The molecule has 2 fully saturated rings. The molecule has 21 heavy (non-hydrogen) atoms. The minimum atomic E-state index is 0.194. The first-order chi connectivity index (χ1) is 10.0. The molecule has 0 bridgehead atoms. The molecule has 2 saturated heterocycles. The third-order valence-electron chi connectivity index (χ3n) is 4.84. The van der Waals surface area contributed by atoms with Gasteiger partial charge in [-0.2, -0.15) is 0 Å². The Labute approximate surface area is 135 Å². The molecule has 6 heteroatoms. The zero-order chi connectivity index (χ0) is 15.0. The van der Waals surface area contributed by atoms with E-state index in [0.717, 1.165) is 28.8 Å². The number of fused-ring (bicyclic) bond motifs is 1. The molecule has 116 valence electrons. The number of halogens is 1. The van der Waals surface area contributed by atoms with Crippen LogP contribution in [0.2, 0.25) is 4.34 Å². The molecule has 1 aromatic rings. The molecule has 0 saturated carbocycles. The number of hydrogen-bond donors (Lipinski definition) is 1. The van der Waals surface area contributed by atoms with Crippen LogP contribution in [0.25, 0.3) is 0 Å². The van der Waals surface area contributed by atoms with E-state index in [1.54, 1.807) is 4.90 Å². The van der Waals surface area contributed by atoms with Crippen molar-refractivity contribution in [1.29, 1.82) is 0 Å². The first kappa shape index (κ1) is 15.3. The highest BCUT2D eigenvalue weighted by atomic mass is 35.5. The fraction of sp³-hybridized carbons (Fsp3) is 0.667. The molecule has 1 N–H and O–H groups in total. The minimum absolute atomic E-state index is 0.194. The second-order valence-corrected chi connectivity index (χ2v) is 8.01. The lowest BCUT2D eigenvalue weighted by atomic mass is 9.95. The smallest absolute Gasteiger partial charge is 0.236 e. The van der Waals surface area contributed by atoms with E-state index in [4.69, 9.17) is 11.6 Å². The molecule has 1 aromatic heterocycles. The van der Waals surface area contributed by atoms with Crippen LogP contribution in [0, 0.1) is 11.8 Å². The summed E-state index contributed by atoms with van der Waals surface area (Å²) in [6.45, 7) is 6.67. The molecule has 0 aliphatic carbocycles. The van der Waals surface area contributed by atoms with Crippen molar-refractivity contribution >= 4 is 28.8 Å². The number of likely N-dealkylation sites (tertiary alicyclic amines) is 1. The Kier molecular flexibility index (Phi) is 4.54. The Hall–Kier alpha value is -0.620. The Bertz CT molecular complexity index is 521. The number of nitrogens with zero attached hydrogens (tertiary/aromatic N) is 2. The molecule has 3 heterocycles. The fourth-order valence-corrected chi connectivity index (χ4v) is 4.66. The predicted octanol–water partition coefficient (Wildman–Crippen LogP) is 1.90. The number of likely N-dealkylation sites (N-methyl/N-ethyl adjacent to an activating group) is 1. The van der Waals surface area contributed by atoms with E-state index in [2.05, 4.69) is 17.1 Å². The van der Waals surface area contributed by atoms with Crippen LogP contribution in [0.15, 0.2) is 12.1 Å². The van der Waals surface area contributed by atoms with Gasteiger partial charge in [-0.15, -0.1) is 11.3 Å². The van der Waals surface area contributed by atoms with Crippen molar-refractivity contribution in [2.45, 2.75) is 19.5 Å². The highest BCUT2D eigenvalue weighted by Gasteiger charge is 2.42. The normalized spacial score (nSPS) is 28.8. The van der Waals surface area contributed by atoms with E-state index < -0.39 is 0 Å². The van der Waals surface area contributed by atoms with Crippen molar-refractivity contribution in [3.05, 3.63) is 21.3 Å². The monoisotopic (exact) mass is 327 g/mol. The molecule has 3 atom stereocenters. The predicted molar refractivity (Wildman–Crippen MR) is 86.7 cm³/mol. The van der Waals surface area contributed by atoms with Gasteiger partial charge in [-0.3, -0.25) is 9.69 Å². The first-order valence-corrected chi connectivity index (χ1v) is 8.67. The van der Waals surface area contributed by atoms with Crippen LogP contribution in [-0.4, -0.2) is 55.0 Å². The van der Waals surface area contributed by atoms with Gasteiger partial charge < -0.3 is 10.2 Å². The van der Waals surface area contributed by atoms with Crippen LogP contribution >= 0.6 is 22.9 Å². The molecule has 0 spiro atoms. The molecule has 3 rings (SSSR count). The van der Waals surface area contributed by atoms with Crippen molar-refractivity contribution in [3.8, 4) is 0 Å². The summed E-state index contributed by atoms with van der Waals surface area (Å²) in [5, 5.41) is 3.45. The summed E-state index contributed by atoms with van der Waals surface area (Å²) in [5.41, 5.74) is 0.